The van der Waals surface area contributed by atoms with Crippen molar-refractivity contribution in [3.63, 3.8) is 0 Å². The first-order chi connectivity index (χ1) is 15.2. The van der Waals surface area contributed by atoms with Gasteiger partial charge in [-0.15, -0.1) is 11.3 Å². The fraction of sp³-hybridized carbons (Fsp3) is 0.381. The van der Waals surface area contributed by atoms with Crippen LogP contribution in [-0.4, -0.2) is 46.5 Å². The van der Waals surface area contributed by atoms with Gasteiger partial charge in [-0.05, 0) is 37.5 Å². The molecule has 1 heterocycles. The molecule has 1 amide bonds. The number of anilines is 1. The van der Waals surface area contributed by atoms with Gasteiger partial charge in [0.2, 0.25) is 0 Å². The topological polar surface area (TPSA) is 128 Å². The van der Waals surface area contributed by atoms with E-state index in [1.807, 2.05) is 0 Å². The van der Waals surface area contributed by atoms with Gasteiger partial charge in [0, 0.05) is 6.04 Å². The summed E-state index contributed by atoms with van der Waals surface area (Å²) in [4.78, 5) is 37.1. The quantitative estimate of drug-likeness (QED) is 0.583. The van der Waals surface area contributed by atoms with E-state index in [9.17, 15) is 22.8 Å². The summed E-state index contributed by atoms with van der Waals surface area (Å²) in [7, 11) is -2.07. The second kappa shape index (κ2) is 9.70. The van der Waals surface area contributed by atoms with Crippen molar-refractivity contribution in [3.8, 4) is 0 Å². The van der Waals surface area contributed by atoms with E-state index < -0.39 is 26.2 Å². The minimum Gasteiger partial charge on any atom is -0.465 e. The lowest BCUT2D eigenvalue weighted by Gasteiger charge is -2.15. The molecule has 0 bridgehead atoms. The Morgan fingerprint density at radius 2 is 1.66 bits per heavy atom. The largest absolute Gasteiger partial charge is 0.465 e. The van der Waals surface area contributed by atoms with Gasteiger partial charge in [0.1, 0.15) is 4.88 Å². The summed E-state index contributed by atoms with van der Waals surface area (Å²) in [6.45, 7) is 1.44. The summed E-state index contributed by atoms with van der Waals surface area (Å²) in [5.74, 6) is -2.06. The van der Waals surface area contributed by atoms with Crippen LogP contribution in [0.4, 0.5) is 5.69 Å². The molecule has 0 atom stereocenters. The van der Waals surface area contributed by atoms with Crippen LogP contribution in [0.2, 0.25) is 0 Å². The van der Waals surface area contributed by atoms with E-state index in [-0.39, 0.29) is 39.2 Å². The average Bonchev–Trinajstić information content (AvgIpc) is 3.40. The lowest BCUT2D eigenvalue weighted by molar-refractivity contribution is 0.0596. The number of ether oxygens (including phenoxy) is 2. The SMILES string of the molecule is COC(=O)c1sc(S(=O)(=O)Nc2ccccc2C(=O)NC2CCCC2)c(C(=O)OC)c1C. The van der Waals surface area contributed by atoms with Crippen LogP contribution >= 0.6 is 11.3 Å². The standard InChI is InChI=1S/C21H24N2O7S2/c1-12-16(19(25)29-2)21(31-17(12)20(26)30-3)32(27,28)23-15-11-7-6-10-14(15)18(24)22-13-8-4-5-9-13/h6-7,10-11,13,23H,4-5,8-9H2,1-3H3,(H,22,24). The van der Waals surface area contributed by atoms with Gasteiger partial charge in [-0.25, -0.2) is 18.0 Å². The van der Waals surface area contributed by atoms with Crippen molar-refractivity contribution in [2.75, 3.05) is 18.9 Å². The van der Waals surface area contributed by atoms with Crippen molar-refractivity contribution in [1.82, 2.24) is 5.32 Å². The number of hydrogen-bond acceptors (Lipinski definition) is 8. The Labute approximate surface area is 190 Å². The van der Waals surface area contributed by atoms with E-state index in [2.05, 4.69) is 10.0 Å². The van der Waals surface area contributed by atoms with E-state index in [0.717, 1.165) is 39.9 Å². The highest BCUT2D eigenvalue weighted by Gasteiger charge is 2.33. The maximum absolute atomic E-state index is 13.2. The molecule has 2 N–H and O–H groups in total. The highest BCUT2D eigenvalue weighted by atomic mass is 32.2. The van der Waals surface area contributed by atoms with Crippen LogP contribution in [0.15, 0.2) is 28.5 Å². The third-order valence-electron chi connectivity index (χ3n) is 5.23. The number of thiophene rings is 1. The van der Waals surface area contributed by atoms with E-state index in [1.165, 1.54) is 19.1 Å². The van der Waals surface area contributed by atoms with Gasteiger partial charge in [0.25, 0.3) is 15.9 Å². The summed E-state index contributed by atoms with van der Waals surface area (Å²) in [6.07, 6.45) is 3.84. The number of carbonyl (C=O) groups is 3. The smallest absolute Gasteiger partial charge is 0.348 e. The van der Waals surface area contributed by atoms with Crippen LogP contribution in [0.5, 0.6) is 0 Å². The molecule has 0 spiro atoms. The highest BCUT2D eigenvalue weighted by molar-refractivity contribution is 7.94. The minimum absolute atomic E-state index is 0.0273. The molecule has 3 rings (SSSR count). The Bertz CT molecular complexity index is 1150. The first-order valence-electron chi connectivity index (χ1n) is 9.92. The maximum Gasteiger partial charge on any atom is 0.348 e. The summed E-state index contributed by atoms with van der Waals surface area (Å²) in [5.41, 5.74) is 0.105. The molecule has 32 heavy (non-hydrogen) atoms. The van der Waals surface area contributed by atoms with Gasteiger partial charge in [-0.3, -0.25) is 9.52 Å². The van der Waals surface area contributed by atoms with Gasteiger partial charge in [0.15, 0.2) is 4.21 Å². The molecule has 2 aromatic rings. The van der Waals surface area contributed by atoms with Crippen molar-refractivity contribution < 1.29 is 32.3 Å². The van der Waals surface area contributed by atoms with Crippen molar-refractivity contribution in [3.05, 3.63) is 45.8 Å². The van der Waals surface area contributed by atoms with Crippen LogP contribution in [-0.2, 0) is 19.5 Å². The summed E-state index contributed by atoms with van der Waals surface area (Å²) < 4.78 is 37.9. The predicted octanol–water partition coefficient (Wildman–Crippen LogP) is 3.10. The fourth-order valence-corrected chi connectivity index (χ4v) is 6.42. The zero-order valence-corrected chi connectivity index (χ0v) is 19.5. The van der Waals surface area contributed by atoms with E-state index in [0.29, 0.717) is 11.3 Å². The molecule has 1 aromatic heterocycles. The average molecular weight is 481 g/mol. The minimum atomic E-state index is -4.35. The molecule has 0 radical (unpaired) electrons. The molecule has 0 unspecified atom stereocenters. The molecule has 1 saturated carbocycles. The van der Waals surface area contributed by atoms with Crippen LogP contribution in [0.25, 0.3) is 0 Å². The Hall–Kier alpha value is -2.92. The van der Waals surface area contributed by atoms with Crippen molar-refractivity contribution in [2.45, 2.75) is 42.9 Å². The van der Waals surface area contributed by atoms with E-state index in [1.54, 1.807) is 12.1 Å². The molecule has 172 valence electrons. The second-order valence-corrected chi connectivity index (χ2v) is 10.2. The van der Waals surface area contributed by atoms with Gasteiger partial charge in [0.05, 0.1) is 31.0 Å². The van der Waals surface area contributed by atoms with E-state index in [4.69, 9.17) is 9.47 Å². The summed E-state index contributed by atoms with van der Waals surface area (Å²) in [5, 5.41) is 2.93. The number of sulfonamides is 1. The number of para-hydroxylation sites is 1. The zero-order chi connectivity index (χ0) is 23.5. The number of methoxy groups -OCH3 is 2. The van der Waals surface area contributed by atoms with E-state index >= 15 is 0 Å². The molecule has 11 heteroatoms. The number of carbonyl (C=O) groups excluding carboxylic acids is 3. The molecule has 0 aliphatic heterocycles. The van der Waals surface area contributed by atoms with Crippen LogP contribution in [0, 0.1) is 6.92 Å². The van der Waals surface area contributed by atoms with Crippen LogP contribution < -0.4 is 10.0 Å². The molecule has 0 saturated heterocycles. The Balaban J connectivity index is 1.99. The molecular weight excluding hydrogens is 456 g/mol. The number of esters is 2. The third kappa shape index (κ3) is 4.78. The zero-order valence-electron chi connectivity index (χ0n) is 17.9. The summed E-state index contributed by atoms with van der Waals surface area (Å²) in [6, 6.07) is 6.25. The van der Waals surface area contributed by atoms with Crippen LogP contribution in [0.3, 0.4) is 0 Å². The second-order valence-electron chi connectivity index (χ2n) is 7.31. The highest BCUT2D eigenvalue weighted by Crippen LogP contribution is 2.34. The molecule has 1 fully saturated rings. The monoisotopic (exact) mass is 480 g/mol. The fourth-order valence-electron chi connectivity index (χ4n) is 3.60. The summed E-state index contributed by atoms with van der Waals surface area (Å²) >= 11 is 0.603. The molecule has 1 aliphatic rings. The first-order valence-corrected chi connectivity index (χ1v) is 12.2. The molecule has 1 aliphatic carbocycles. The Morgan fingerprint density at radius 1 is 1.03 bits per heavy atom. The molecular formula is C21H24N2O7S2. The van der Waals surface area contributed by atoms with Crippen molar-refractivity contribution >= 4 is 44.9 Å². The van der Waals surface area contributed by atoms with Gasteiger partial charge in [-0.2, -0.15) is 0 Å². The number of rotatable bonds is 7. The van der Waals surface area contributed by atoms with Gasteiger partial charge in [-0.1, -0.05) is 25.0 Å². The molecule has 1 aromatic carbocycles. The predicted molar refractivity (Wildman–Crippen MR) is 119 cm³/mol. The Morgan fingerprint density at radius 3 is 2.28 bits per heavy atom. The van der Waals surface area contributed by atoms with Gasteiger partial charge >= 0.3 is 11.9 Å². The Kier molecular flexibility index (Phi) is 7.19. The number of amides is 1. The van der Waals surface area contributed by atoms with Gasteiger partial charge < -0.3 is 14.8 Å². The van der Waals surface area contributed by atoms with Crippen molar-refractivity contribution in [1.29, 1.82) is 0 Å². The number of benzene rings is 1. The van der Waals surface area contributed by atoms with Crippen LogP contribution in [0.1, 0.15) is 61.6 Å². The number of hydrogen-bond donors (Lipinski definition) is 2. The first kappa shape index (κ1) is 23.7. The van der Waals surface area contributed by atoms with Crippen molar-refractivity contribution in [2.24, 2.45) is 0 Å². The third-order valence-corrected chi connectivity index (χ3v) is 8.38. The number of nitrogens with one attached hydrogen (secondary N) is 2. The normalized spacial score (nSPS) is 14.1. The lowest BCUT2D eigenvalue weighted by Crippen LogP contribution is -2.33. The molecule has 9 nitrogen and oxygen atoms in total. The maximum atomic E-state index is 13.2. The lowest BCUT2D eigenvalue weighted by atomic mass is 10.1.